The van der Waals surface area contributed by atoms with Crippen molar-refractivity contribution in [2.24, 2.45) is 5.92 Å². The van der Waals surface area contributed by atoms with Gasteiger partial charge in [0.15, 0.2) is 5.76 Å². The standard InChI is InChI=1S/C19H26N2O4/c1-14(2)11-19(22)21(9-10-23-3)13-15-12-18(25-20-15)16-7-5-6-8-17(16)24-4/h5-8,12,14H,9-11,13H2,1-4H3. The number of amides is 1. The van der Waals surface area contributed by atoms with Crippen molar-refractivity contribution in [3.8, 4) is 17.1 Å². The van der Waals surface area contributed by atoms with Crippen LogP contribution in [0.2, 0.25) is 0 Å². The van der Waals surface area contributed by atoms with Crippen molar-refractivity contribution in [1.82, 2.24) is 10.1 Å². The van der Waals surface area contributed by atoms with Gasteiger partial charge >= 0.3 is 0 Å². The topological polar surface area (TPSA) is 64.8 Å². The Kier molecular flexibility index (Phi) is 7.01. The first-order valence-corrected chi connectivity index (χ1v) is 8.40. The van der Waals surface area contributed by atoms with Gasteiger partial charge in [0, 0.05) is 26.1 Å². The van der Waals surface area contributed by atoms with E-state index in [1.54, 1.807) is 19.1 Å². The molecule has 0 atom stereocenters. The molecule has 0 saturated heterocycles. The zero-order valence-corrected chi connectivity index (χ0v) is 15.3. The first-order chi connectivity index (χ1) is 12.0. The third-order valence-corrected chi connectivity index (χ3v) is 3.79. The minimum Gasteiger partial charge on any atom is -0.496 e. The molecule has 0 unspecified atom stereocenters. The van der Waals surface area contributed by atoms with Gasteiger partial charge in [-0.1, -0.05) is 31.1 Å². The second kappa shape index (κ2) is 9.22. The van der Waals surface area contributed by atoms with E-state index >= 15 is 0 Å². The Morgan fingerprint density at radius 3 is 2.72 bits per heavy atom. The molecular weight excluding hydrogens is 320 g/mol. The Bertz CT molecular complexity index is 682. The molecule has 0 fully saturated rings. The van der Waals surface area contributed by atoms with E-state index in [0.717, 1.165) is 11.3 Å². The molecule has 0 radical (unpaired) electrons. The van der Waals surface area contributed by atoms with Crippen molar-refractivity contribution < 1.29 is 18.8 Å². The number of para-hydroxylation sites is 1. The molecule has 6 nitrogen and oxygen atoms in total. The van der Waals surface area contributed by atoms with Crippen LogP contribution >= 0.6 is 0 Å². The summed E-state index contributed by atoms with van der Waals surface area (Å²) in [5.41, 5.74) is 1.54. The van der Waals surface area contributed by atoms with Crippen molar-refractivity contribution in [3.05, 3.63) is 36.0 Å². The lowest BCUT2D eigenvalue weighted by Gasteiger charge is -2.22. The molecule has 1 amide bonds. The molecule has 136 valence electrons. The van der Waals surface area contributed by atoms with Gasteiger partial charge in [-0.05, 0) is 18.1 Å². The summed E-state index contributed by atoms with van der Waals surface area (Å²) in [6.45, 7) is 5.47. The number of methoxy groups -OCH3 is 2. The molecule has 1 heterocycles. The molecule has 25 heavy (non-hydrogen) atoms. The van der Waals surface area contributed by atoms with E-state index in [0.29, 0.717) is 43.5 Å². The maximum Gasteiger partial charge on any atom is 0.223 e. The number of rotatable bonds is 9. The van der Waals surface area contributed by atoms with E-state index in [1.807, 2.05) is 44.2 Å². The van der Waals surface area contributed by atoms with Gasteiger partial charge in [-0.3, -0.25) is 4.79 Å². The van der Waals surface area contributed by atoms with Crippen molar-refractivity contribution in [1.29, 1.82) is 0 Å². The van der Waals surface area contributed by atoms with Crippen molar-refractivity contribution in [2.75, 3.05) is 27.4 Å². The van der Waals surface area contributed by atoms with Crippen molar-refractivity contribution >= 4 is 5.91 Å². The average molecular weight is 346 g/mol. The number of carbonyl (C=O) groups is 1. The zero-order chi connectivity index (χ0) is 18.2. The van der Waals surface area contributed by atoms with Gasteiger partial charge in [-0.2, -0.15) is 0 Å². The number of aromatic nitrogens is 1. The van der Waals surface area contributed by atoms with Crippen LogP contribution in [0.4, 0.5) is 0 Å². The molecule has 0 bridgehead atoms. The molecule has 0 N–H and O–H groups in total. The van der Waals surface area contributed by atoms with Gasteiger partial charge in [-0.25, -0.2) is 0 Å². The average Bonchev–Trinajstić information content (AvgIpc) is 3.06. The molecular formula is C19H26N2O4. The maximum absolute atomic E-state index is 12.4. The van der Waals surface area contributed by atoms with Crippen LogP contribution in [0.5, 0.6) is 5.75 Å². The monoisotopic (exact) mass is 346 g/mol. The molecule has 2 aromatic rings. The van der Waals surface area contributed by atoms with Crippen LogP contribution in [-0.4, -0.2) is 43.3 Å². The summed E-state index contributed by atoms with van der Waals surface area (Å²) in [5.74, 6) is 1.74. The van der Waals surface area contributed by atoms with Gasteiger partial charge in [0.25, 0.3) is 0 Å². The predicted octanol–water partition coefficient (Wildman–Crippen LogP) is 3.37. The van der Waals surface area contributed by atoms with Crippen LogP contribution in [0, 0.1) is 5.92 Å². The highest BCUT2D eigenvalue weighted by Gasteiger charge is 2.18. The number of hydrogen-bond acceptors (Lipinski definition) is 5. The summed E-state index contributed by atoms with van der Waals surface area (Å²) in [6.07, 6.45) is 0.501. The number of ether oxygens (including phenoxy) is 2. The highest BCUT2D eigenvalue weighted by atomic mass is 16.5. The van der Waals surface area contributed by atoms with Gasteiger partial charge < -0.3 is 18.9 Å². The first-order valence-electron chi connectivity index (χ1n) is 8.40. The SMILES string of the molecule is COCCN(Cc1cc(-c2ccccc2OC)on1)C(=O)CC(C)C. The van der Waals surface area contributed by atoms with E-state index in [9.17, 15) is 4.79 Å². The Morgan fingerprint density at radius 2 is 2.04 bits per heavy atom. The Hall–Kier alpha value is -2.34. The van der Waals surface area contributed by atoms with Crippen LogP contribution < -0.4 is 4.74 Å². The van der Waals surface area contributed by atoms with Crippen LogP contribution in [-0.2, 0) is 16.1 Å². The second-order valence-electron chi connectivity index (χ2n) is 6.29. The summed E-state index contributed by atoms with van der Waals surface area (Å²) in [4.78, 5) is 14.2. The smallest absolute Gasteiger partial charge is 0.223 e. The van der Waals surface area contributed by atoms with Crippen LogP contribution in [0.1, 0.15) is 26.0 Å². The lowest BCUT2D eigenvalue weighted by Crippen LogP contribution is -2.34. The first kappa shape index (κ1) is 19.0. The van der Waals surface area contributed by atoms with Gasteiger partial charge in [0.05, 0.1) is 25.8 Å². The van der Waals surface area contributed by atoms with Crippen molar-refractivity contribution in [2.45, 2.75) is 26.8 Å². The molecule has 1 aromatic carbocycles. The largest absolute Gasteiger partial charge is 0.496 e. The summed E-state index contributed by atoms with van der Waals surface area (Å²) in [5, 5.41) is 4.11. The highest BCUT2D eigenvalue weighted by molar-refractivity contribution is 5.76. The fourth-order valence-electron chi connectivity index (χ4n) is 2.53. The molecule has 2 rings (SSSR count). The van der Waals surface area contributed by atoms with Crippen LogP contribution in [0.15, 0.2) is 34.9 Å². The summed E-state index contributed by atoms with van der Waals surface area (Å²) in [6, 6.07) is 9.44. The summed E-state index contributed by atoms with van der Waals surface area (Å²) >= 11 is 0. The lowest BCUT2D eigenvalue weighted by molar-refractivity contribution is -0.133. The quantitative estimate of drug-likeness (QED) is 0.696. The Balaban J connectivity index is 2.14. The summed E-state index contributed by atoms with van der Waals surface area (Å²) in [7, 11) is 3.24. The van der Waals surface area contributed by atoms with Gasteiger partial charge in [0.1, 0.15) is 11.4 Å². The molecule has 0 saturated carbocycles. The van der Waals surface area contributed by atoms with E-state index in [1.165, 1.54) is 0 Å². The molecule has 6 heteroatoms. The molecule has 1 aromatic heterocycles. The van der Waals surface area contributed by atoms with E-state index in [4.69, 9.17) is 14.0 Å². The van der Waals surface area contributed by atoms with Gasteiger partial charge in [-0.15, -0.1) is 0 Å². The number of carbonyl (C=O) groups excluding carboxylic acids is 1. The minimum atomic E-state index is 0.0916. The van der Waals surface area contributed by atoms with E-state index < -0.39 is 0 Å². The predicted molar refractivity (Wildman–Crippen MR) is 95.2 cm³/mol. The Labute approximate surface area is 148 Å². The third-order valence-electron chi connectivity index (χ3n) is 3.79. The number of nitrogens with zero attached hydrogens (tertiary/aromatic N) is 2. The lowest BCUT2D eigenvalue weighted by atomic mass is 10.1. The minimum absolute atomic E-state index is 0.0916. The zero-order valence-electron chi connectivity index (χ0n) is 15.3. The third kappa shape index (κ3) is 5.32. The molecule has 0 aliphatic carbocycles. The van der Waals surface area contributed by atoms with E-state index in [-0.39, 0.29) is 5.91 Å². The van der Waals surface area contributed by atoms with Gasteiger partial charge in [0.2, 0.25) is 5.91 Å². The Morgan fingerprint density at radius 1 is 1.28 bits per heavy atom. The fourth-order valence-corrected chi connectivity index (χ4v) is 2.53. The van der Waals surface area contributed by atoms with Crippen molar-refractivity contribution in [3.63, 3.8) is 0 Å². The van der Waals surface area contributed by atoms with Crippen LogP contribution in [0.25, 0.3) is 11.3 Å². The highest BCUT2D eigenvalue weighted by Crippen LogP contribution is 2.30. The number of hydrogen-bond donors (Lipinski definition) is 0. The molecule has 0 aliphatic rings. The molecule has 0 aliphatic heterocycles. The normalized spacial score (nSPS) is 10.9. The summed E-state index contributed by atoms with van der Waals surface area (Å²) < 4.78 is 15.9. The van der Waals surface area contributed by atoms with E-state index in [2.05, 4.69) is 5.16 Å². The van der Waals surface area contributed by atoms with Crippen LogP contribution in [0.3, 0.4) is 0 Å². The maximum atomic E-state index is 12.4. The fraction of sp³-hybridized carbons (Fsp3) is 0.474. The number of benzene rings is 1. The second-order valence-corrected chi connectivity index (χ2v) is 6.29. The molecule has 0 spiro atoms.